The van der Waals surface area contributed by atoms with Crippen LogP contribution in [-0.4, -0.2) is 66.1 Å². The van der Waals surface area contributed by atoms with Gasteiger partial charge in [-0.25, -0.2) is 4.79 Å². The molecule has 2 aromatic carbocycles. The van der Waals surface area contributed by atoms with Gasteiger partial charge in [0.15, 0.2) is 5.71 Å². The van der Waals surface area contributed by atoms with Crippen LogP contribution in [0.25, 0.3) is 0 Å². The first kappa shape index (κ1) is 30.5. The van der Waals surface area contributed by atoms with Crippen LogP contribution in [-0.2, 0) is 20.4 Å². The van der Waals surface area contributed by atoms with Crippen LogP contribution < -0.4 is 4.90 Å². The number of carbonyl (C=O) groups excluding carboxylic acids is 3. The number of imide groups is 2. The summed E-state index contributed by atoms with van der Waals surface area (Å²) in [6.07, 6.45) is 10.9. The van der Waals surface area contributed by atoms with Crippen molar-refractivity contribution in [3.63, 3.8) is 0 Å². The summed E-state index contributed by atoms with van der Waals surface area (Å²) in [4.78, 5) is 44.6. The maximum absolute atomic E-state index is 13.7. The Morgan fingerprint density at radius 3 is 2.02 bits per heavy atom. The number of barbiturate groups is 1. The highest BCUT2D eigenvalue weighted by Crippen LogP contribution is 2.47. The fourth-order valence-electron chi connectivity index (χ4n) is 7.78. The predicted octanol–water partition coefficient (Wildman–Crippen LogP) is 6.63. The molecular formula is C38H43N4O3+. The van der Waals surface area contributed by atoms with Gasteiger partial charge in [-0.1, -0.05) is 62.4 Å². The molecule has 0 atom stereocenters. The van der Waals surface area contributed by atoms with E-state index in [2.05, 4.69) is 124 Å². The molecule has 3 heterocycles. The van der Waals surface area contributed by atoms with Gasteiger partial charge in [-0.15, -0.1) is 0 Å². The minimum absolute atomic E-state index is 0.211. The second-order valence-corrected chi connectivity index (χ2v) is 13.7. The third-order valence-corrected chi connectivity index (χ3v) is 10.4. The zero-order chi connectivity index (χ0) is 32.4. The SMILES string of the molecule is CN1C(=O)C(C2=C(/C=C/C3=[N+](C)c4ccccc4C3(C)C)CCC/C2=C\C=C2\N(C)c3ccccc3C2(C)C)C(=O)N(C)C1=O. The van der Waals surface area contributed by atoms with Crippen molar-refractivity contribution in [1.29, 1.82) is 0 Å². The van der Waals surface area contributed by atoms with Gasteiger partial charge in [-0.2, -0.15) is 4.58 Å². The minimum atomic E-state index is -1.08. The van der Waals surface area contributed by atoms with Crippen LogP contribution in [0.5, 0.6) is 0 Å². The lowest BCUT2D eigenvalue weighted by Gasteiger charge is -2.36. The summed E-state index contributed by atoms with van der Waals surface area (Å²) in [5.41, 5.74) is 9.40. The van der Waals surface area contributed by atoms with Crippen molar-refractivity contribution in [2.45, 2.75) is 57.8 Å². The van der Waals surface area contributed by atoms with E-state index in [0.717, 1.165) is 57.2 Å². The number of nitrogens with zero attached hydrogens (tertiary/aromatic N) is 4. The molecule has 232 valence electrons. The van der Waals surface area contributed by atoms with Crippen LogP contribution in [0, 0.1) is 5.92 Å². The number of carbonyl (C=O) groups is 3. The second kappa shape index (κ2) is 10.8. The largest absolute Gasteiger partial charge is 0.347 e. The average molecular weight is 604 g/mol. The van der Waals surface area contributed by atoms with Crippen molar-refractivity contribution in [2.24, 2.45) is 5.92 Å². The molecule has 7 heteroatoms. The zero-order valence-corrected chi connectivity index (χ0v) is 27.6. The maximum atomic E-state index is 13.7. The average Bonchev–Trinajstić information content (AvgIpc) is 3.34. The normalized spacial score (nSPS) is 23.4. The van der Waals surface area contributed by atoms with E-state index < -0.39 is 23.8 Å². The lowest BCUT2D eigenvalue weighted by molar-refractivity contribution is -0.401. The number of para-hydroxylation sites is 2. The number of urea groups is 1. The molecule has 1 saturated heterocycles. The Morgan fingerprint density at radius 2 is 1.38 bits per heavy atom. The summed E-state index contributed by atoms with van der Waals surface area (Å²) in [6, 6.07) is 16.3. The molecule has 0 spiro atoms. The number of rotatable bonds is 4. The van der Waals surface area contributed by atoms with Crippen LogP contribution in [0.15, 0.2) is 95.3 Å². The van der Waals surface area contributed by atoms with Gasteiger partial charge in [0.25, 0.3) is 0 Å². The van der Waals surface area contributed by atoms with Gasteiger partial charge in [-0.05, 0) is 67.5 Å². The Kier molecular flexibility index (Phi) is 7.34. The highest BCUT2D eigenvalue weighted by Gasteiger charge is 2.47. The smallest absolute Gasteiger partial charge is 0.332 e. The number of allylic oxidation sites excluding steroid dienone is 7. The zero-order valence-electron chi connectivity index (χ0n) is 27.6. The van der Waals surface area contributed by atoms with Crippen molar-refractivity contribution < 1.29 is 19.0 Å². The van der Waals surface area contributed by atoms with Crippen LogP contribution in [0.4, 0.5) is 16.2 Å². The van der Waals surface area contributed by atoms with Crippen molar-refractivity contribution in [1.82, 2.24) is 9.80 Å². The first-order valence-electron chi connectivity index (χ1n) is 15.7. The van der Waals surface area contributed by atoms with Crippen LogP contribution >= 0.6 is 0 Å². The lowest BCUT2D eigenvalue weighted by Crippen LogP contribution is -2.57. The number of benzene rings is 2. The van der Waals surface area contributed by atoms with Gasteiger partial charge >= 0.3 is 6.03 Å². The number of hydrogen-bond acceptors (Lipinski definition) is 4. The van der Waals surface area contributed by atoms with E-state index in [4.69, 9.17) is 0 Å². The first-order valence-corrected chi connectivity index (χ1v) is 15.7. The molecule has 3 aliphatic heterocycles. The van der Waals surface area contributed by atoms with Crippen LogP contribution in [0.3, 0.4) is 0 Å². The predicted molar refractivity (Wildman–Crippen MR) is 179 cm³/mol. The van der Waals surface area contributed by atoms with Crippen molar-refractivity contribution in [2.75, 3.05) is 33.1 Å². The molecule has 1 aliphatic carbocycles. The van der Waals surface area contributed by atoms with Gasteiger partial charge in [0, 0.05) is 55.6 Å². The third kappa shape index (κ3) is 4.63. The van der Waals surface area contributed by atoms with Gasteiger partial charge in [0.1, 0.15) is 13.0 Å². The van der Waals surface area contributed by atoms with E-state index in [1.54, 1.807) is 0 Å². The molecule has 0 saturated carbocycles. The minimum Gasteiger partial charge on any atom is -0.347 e. The molecule has 0 aromatic heterocycles. The van der Waals surface area contributed by atoms with E-state index in [1.807, 2.05) is 0 Å². The Bertz CT molecular complexity index is 1780. The summed E-state index contributed by atoms with van der Waals surface area (Å²) >= 11 is 0. The number of hydrogen-bond donors (Lipinski definition) is 0. The fraction of sp³-hybridized carbons (Fsp3) is 0.368. The molecule has 2 aromatic rings. The van der Waals surface area contributed by atoms with E-state index >= 15 is 0 Å². The first-order chi connectivity index (χ1) is 21.3. The Balaban J connectivity index is 1.49. The molecule has 45 heavy (non-hydrogen) atoms. The monoisotopic (exact) mass is 603 g/mol. The molecule has 4 aliphatic rings. The number of anilines is 1. The molecule has 6 rings (SSSR count). The van der Waals surface area contributed by atoms with Crippen LogP contribution in [0.2, 0.25) is 0 Å². The van der Waals surface area contributed by atoms with Crippen LogP contribution in [0.1, 0.15) is 58.1 Å². The molecule has 1 fully saturated rings. The molecule has 4 amide bonds. The standard InChI is InChI=1S/C38H43N4O3/c1-37(2)26-16-9-11-18-28(26)39(5)30(37)22-20-24-14-13-15-25(32(24)33-34(43)41(7)36(45)42(8)35(33)44)21-23-31-38(3,4)27-17-10-12-19-29(27)40(31)6/h9-12,16-23,33H,13-15H2,1-8H3/q+1. The van der Waals surface area contributed by atoms with Crippen molar-refractivity contribution in [3.8, 4) is 0 Å². The summed E-state index contributed by atoms with van der Waals surface area (Å²) in [5, 5.41) is 0. The number of amides is 4. The summed E-state index contributed by atoms with van der Waals surface area (Å²) in [5.74, 6) is -2.03. The van der Waals surface area contributed by atoms with E-state index in [0.29, 0.717) is 0 Å². The van der Waals surface area contributed by atoms with E-state index in [9.17, 15) is 14.4 Å². The molecule has 0 unspecified atom stereocenters. The molecule has 0 bridgehead atoms. The van der Waals surface area contributed by atoms with E-state index in [-0.39, 0.29) is 10.8 Å². The Labute approximate surface area is 266 Å². The van der Waals surface area contributed by atoms with Gasteiger partial charge in [-0.3, -0.25) is 19.4 Å². The molecule has 7 nitrogen and oxygen atoms in total. The Hall–Kier alpha value is -4.52. The lowest BCUT2D eigenvalue weighted by atomic mass is 9.77. The summed E-state index contributed by atoms with van der Waals surface area (Å²) in [7, 11) is 7.09. The molecule has 0 N–H and O–H groups in total. The third-order valence-electron chi connectivity index (χ3n) is 10.4. The quantitative estimate of drug-likeness (QED) is 0.291. The fourth-order valence-corrected chi connectivity index (χ4v) is 7.78. The molecular weight excluding hydrogens is 560 g/mol. The number of fused-ring (bicyclic) bond motifs is 2. The van der Waals surface area contributed by atoms with Gasteiger partial charge in [0.2, 0.25) is 17.5 Å². The number of likely N-dealkylation sites (N-methyl/N-ethyl adjacent to an activating group) is 1. The summed E-state index contributed by atoms with van der Waals surface area (Å²) in [6.45, 7) is 8.91. The topological polar surface area (TPSA) is 63.9 Å². The van der Waals surface area contributed by atoms with Gasteiger partial charge in [0.05, 0.1) is 5.41 Å². The second-order valence-electron chi connectivity index (χ2n) is 13.7. The maximum Gasteiger partial charge on any atom is 0.332 e. The highest BCUT2D eigenvalue weighted by molar-refractivity contribution is 6.18. The van der Waals surface area contributed by atoms with Crippen molar-refractivity contribution >= 4 is 34.9 Å². The summed E-state index contributed by atoms with van der Waals surface area (Å²) < 4.78 is 2.23. The van der Waals surface area contributed by atoms with E-state index in [1.165, 1.54) is 36.6 Å². The highest BCUT2D eigenvalue weighted by atomic mass is 16.2. The molecule has 0 radical (unpaired) electrons. The Morgan fingerprint density at radius 1 is 0.756 bits per heavy atom. The van der Waals surface area contributed by atoms with Crippen molar-refractivity contribution in [3.05, 3.63) is 106 Å². The van der Waals surface area contributed by atoms with Gasteiger partial charge < -0.3 is 4.90 Å².